The molecular formula is C52H81N9O12. The third-order valence-electron chi connectivity index (χ3n) is 12.4. The Morgan fingerprint density at radius 3 is 1.88 bits per heavy atom. The first-order valence-electron chi connectivity index (χ1n) is 24.9. The summed E-state index contributed by atoms with van der Waals surface area (Å²) >= 11 is 0. The fourth-order valence-corrected chi connectivity index (χ4v) is 8.20. The number of nitrogens with zero attached hydrogens (tertiary/aromatic N) is 1. The van der Waals surface area contributed by atoms with Crippen LogP contribution in [-0.4, -0.2) is 137 Å². The van der Waals surface area contributed by atoms with Gasteiger partial charge in [-0.1, -0.05) is 84.0 Å². The maximum absolute atomic E-state index is 14.3. The number of carbonyl (C=O) groups is 9. The van der Waals surface area contributed by atoms with E-state index in [9.17, 15) is 48.3 Å². The molecule has 2 aliphatic rings. The highest BCUT2D eigenvalue weighted by atomic mass is 16.5. The number of aliphatic hydroxyl groups is 1. The lowest BCUT2D eigenvalue weighted by Crippen LogP contribution is -2.61. The number of amides is 8. The molecule has 406 valence electrons. The smallest absolute Gasteiger partial charge is 0.329 e. The minimum absolute atomic E-state index is 0.00936. The number of fused-ring (bicyclic) bond motifs is 1. The molecule has 21 heteroatoms. The van der Waals surface area contributed by atoms with E-state index in [1.54, 1.807) is 39.8 Å². The van der Waals surface area contributed by atoms with Crippen LogP contribution in [0.25, 0.3) is 0 Å². The minimum Gasteiger partial charge on any atom is -0.508 e. The van der Waals surface area contributed by atoms with Crippen molar-refractivity contribution in [1.82, 2.24) is 36.8 Å². The Kier molecular flexibility index (Phi) is 26.1. The molecule has 2 fully saturated rings. The van der Waals surface area contributed by atoms with E-state index in [4.69, 9.17) is 21.3 Å². The largest absolute Gasteiger partial charge is 0.508 e. The summed E-state index contributed by atoms with van der Waals surface area (Å²) in [5, 5.41) is 32.7. The monoisotopic (exact) mass is 1020 g/mol. The number of nitrogens with two attached hydrogens (primary N) is 2. The molecule has 9 atom stereocenters. The molecule has 2 aromatic carbocycles. The van der Waals surface area contributed by atoms with Gasteiger partial charge in [0.15, 0.2) is 0 Å². The van der Waals surface area contributed by atoms with Gasteiger partial charge in [-0.05, 0) is 87.5 Å². The van der Waals surface area contributed by atoms with E-state index in [-0.39, 0.29) is 61.6 Å². The zero-order chi connectivity index (χ0) is 55.2. The second kappa shape index (κ2) is 30.4. The van der Waals surface area contributed by atoms with Gasteiger partial charge in [-0.2, -0.15) is 0 Å². The second-order valence-corrected chi connectivity index (χ2v) is 19.9. The summed E-state index contributed by atoms with van der Waals surface area (Å²) in [6.45, 7) is 13.7. The molecule has 8 amide bonds. The summed E-state index contributed by atoms with van der Waals surface area (Å²) in [6.07, 6.45) is 1.80. The number of ether oxygens (including phenoxy) is 1. The molecule has 2 aromatic rings. The first-order valence-corrected chi connectivity index (χ1v) is 24.9. The first kappa shape index (κ1) is 62.5. The van der Waals surface area contributed by atoms with Gasteiger partial charge in [0.05, 0.1) is 5.54 Å². The Morgan fingerprint density at radius 2 is 1.37 bits per heavy atom. The van der Waals surface area contributed by atoms with E-state index < -0.39 is 95.2 Å². The zero-order valence-corrected chi connectivity index (χ0v) is 44.1. The number of phenolic OH excluding ortho intramolecular Hbond substituents is 1. The summed E-state index contributed by atoms with van der Waals surface area (Å²) in [5.74, 6) is -5.73. The van der Waals surface area contributed by atoms with Gasteiger partial charge in [0.25, 0.3) is 0 Å². The normalized spacial score (nSPS) is 18.2. The average molecular weight is 1020 g/mol. The van der Waals surface area contributed by atoms with Gasteiger partial charge in [0, 0.05) is 51.4 Å². The number of nitrogens with one attached hydrogen (secondary N) is 6. The summed E-state index contributed by atoms with van der Waals surface area (Å²) in [7, 11) is 2.40. The van der Waals surface area contributed by atoms with Gasteiger partial charge < -0.3 is 63.2 Å². The van der Waals surface area contributed by atoms with E-state index >= 15 is 0 Å². The third-order valence-corrected chi connectivity index (χ3v) is 12.4. The average Bonchev–Trinajstić information content (AvgIpc) is 3.96. The number of urea groups is 1. The van der Waals surface area contributed by atoms with Crippen LogP contribution >= 0.6 is 0 Å². The van der Waals surface area contributed by atoms with E-state index in [1.165, 1.54) is 31.7 Å². The Balaban J connectivity index is 0.00000134. The lowest BCUT2D eigenvalue weighted by Gasteiger charge is -2.31. The van der Waals surface area contributed by atoms with Gasteiger partial charge in [0.1, 0.15) is 47.8 Å². The molecule has 2 aliphatic carbocycles. The molecule has 21 nitrogen and oxygen atoms in total. The van der Waals surface area contributed by atoms with Crippen LogP contribution in [0.1, 0.15) is 105 Å². The van der Waals surface area contributed by atoms with Crippen molar-refractivity contribution in [2.45, 2.75) is 155 Å². The predicted molar refractivity (Wildman–Crippen MR) is 274 cm³/mol. The van der Waals surface area contributed by atoms with Crippen molar-refractivity contribution in [1.29, 1.82) is 0 Å². The Hall–Kier alpha value is -6.61. The van der Waals surface area contributed by atoms with Crippen LogP contribution in [-0.2, 0) is 55.9 Å². The highest BCUT2D eigenvalue weighted by Crippen LogP contribution is 2.53. The fraction of sp³-hybridized carbons (Fsp3) is 0.596. The third kappa shape index (κ3) is 20.8. The molecule has 0 saturated heterocycles. The van der Waals surface area contributed by atoms with Crippen molar-refractivity contribution in [3.63, 3.8) is 0 Å². The predicted octanol–water partition coefficient (Wildman–Crippen LogP) is 1.49. The van der Waals surface area contributed by atoms with Crippen molar-refractivity contribution in [2.24, 2.45) is 35.1 Å². The molecule has 0 heterocycles. The second-order valence-electron chi connectivity index (χ2n) is 19.9. The fourth-order valence-electron chi connectivity index (χ4n) is 8.20. The number of Topliss-reactive ketones (excluding diaryl/α,β-unsaturated/α-hetero) is 1. The van der Waals surface area contributed by atoms with Crippen molar-refractivity contribution < 1.29 is 58.1 Å². The van der Waals surface area contributed by atoms with Gasteiger partial charge in [-0.3, -0.25) is 33.6 Å². The van der Waals surface area contributed by atoms with Crippen molar-refractivity contribution in [3.05, 3.63) is 65.7 Å². The van der Waals surface area contributed by atoms with Gasteiger partial charge in [-0.15, -0.1) is 0 Å². The van der Waals surface area contributed by atoms with Gasteiger partial charge >= 0.3 is 12.0 Å². The Labute approximate surface area is 429 Å². The number of carbonyl (C=O) groups excluding carboxylic acids is 9. The summed E-state index contributed by atoms with van der Waals surface area (Å²) in [6, 6.07) is 9.49. The zero-order valence-electron chi connectivity index (χ0n) is 44.1. The van der Waals surface area contributed by atoms with E-state index in [0.717, 1.165) is 18.4 Å². The van der Waals surface area contributed by atoms with E-state index in [0.29, 0.717) is 31.2 Å². The first-order chi connectivity index (χ1) is 34.4. The molecule has 73 heavy (non-hydrogen) atoms. The molecule has 12 N–H and O–H groups in total. The number of hydrogen-bond acceptors (Lipinski definition) is 13. The maximum Gasteiger partial charge on any atom is 0.329 e. The lowest BCUT2D eigenvalue weighted by molar-refractivity contribution is -0.157. The van der Waals surface area contributed by atoms with E-state index in [1.807, 2.05) is 39.0 Å². The topological polar surface area (TPSA) is 331 Å². The van der Waals surface area contributed by atoms with Crippen LogP contribution in [0.15, 0.2) is 54.6 Å². The van der Waals surface area contributed by atoms with Crippen LogP contribution in [0.3, 0.4) is 0 Å². The molecule has 4 rings (SSSR count). The van der Waals surface area contributed by atoms with Crippen LogP contribution < -0.4 is 43.4 Å². The maximum atomic E-state index is 14.3. The minimum atomic E-state index is -1.65. The van der Waals surface area contributed by atoms with Crippen molar-refractivity contribution in [2.75, 3.05) is 20.7 Å². The number of rotatable bonds is 26. The van der Waals surface area contributed by atoms with Crippen LogP contribution in [0.4, 0.5) is 4.79 Å². The Bertz CT molecular complexity index is 2140. The number of ketones is 1. The highest BCUT2D eigenvalue weighted by molar-refractivity contribution is 5.96. The summed E-state index contributed by atoms with van der Waals surface area (Å²) < 4.78 is 5.82. The van der Waals surface area contributed by atoms with Crippen LogP contribution in [0, 0.1) is 23.7 Å². The number of aliphatic hydroxyl groups excluding tert-OH is 1. The lowest BCUT2D eigenvalue weighted by atomic mass is 10.0. The molecule has 0 aromatic heterocycles. The number of likely N-dealkylation sites (N-methyl/N-ethyl adjacent to an activating group) is 1. The molecule has 0 aliphatic heterocycles. The number of phenols is 1. The number of hydrogen-bond donors (Lipinski definition) is 10. The number of aromatic hydroxyl groups is 1. The number of benzene rings is 2. The SMILES string of the molecule is CC(C)CC(NC(=O)[C@@H](NC(=O)[C@H](CCCNC(N)=O)NC(=O)C(C)C)[C@H](C)OC(=O)C(NC(=O)C(Cc1ccc(O)cc1)N(C)C=O)C(C)C)C(=O)NC12CCC(=O)C1C2.CC(N)Cc1ccccc1.CO. The molecule has 0 bridgehead atoms. The summed E-state index contributed by atoms with van der Waals surface area (Å²) in [4.78, 5) is 119. The molecule has 2 saturated carbocycles. The molecule has 0 spiro atoms. The van der Waals surface area contributed by atoms with E-state index in [2.05, 4.69) is 44.0 Å². The summed E-state index contributed by atoms with van der Waals surface area (Å²) in [5.41, 5.74) is 12.1. The van der Waals surface area contributed by atoms with Crippen molar-refractivity contribution in [3.8, 4) is 5.75 Å². The molecular weight excluding hydrogens is 943 g/mol. The molecule has 6 unspecified atom stereocenters. The quantitative estimate of drug-likeness (QED) is 0.0363. The van der Waals surface area contributed by atoms with Gasteiger partial charge in [-0.25, -0.2) is 9.59 Å². The molecule has 0 radical (unpaired) electrons. The number of esters is 1. The Morgan fingerprint density at radius 1 is 0.781 bits per heavy atom. The van der Waals surface area contributed by atoms with Gasteiger partial charge in [0.2, 0.25) is 35.9 Å². The standard InChI is InChI=1S/C42H64N8O11.C9H13N.CH4O/c1-22(2)18-30(37(56)49-42-16-15-32(53)28(42)20-42)46-39(58)34(48-36(55)29(45-35(54)24(5)6)10-9-17-44-41(43)60)25(7)61-40(59)33(23(3)4)47-38(57)31(50(8)21-51)19-26-11-13-27(52)14-12-26;1-8(10)7-9-5-3-2-4-6-9;1-2/h11-14,21-25,28-31,33-34,52H,9-10,15-20H2,1-8H3,(H,45,54)(H,46,58)(H,47,57)(H,48,55)(H,49,56)(H3,43,44,60);2-6,8H,7,10H2,1H3;2H,1H3/t25-,28?,29-,30?,31?,33?,34-,42?;;/m0../s1. The highest BCUT2D eigenvalue weighted by Gasteiger charge is 2.63. The van der Waals surface area contributed by atoms with Crippen LogP contribution in [0.2, 0.25) is 0 Å². The van der Waals surface area contributed by atoms with Crippen LogP contribution in [0.5, 0.6) is 5.75 Å². The van der Waals surface area contributed by atoms with Crippen molar-refractivity contribution >= 4 is 53.7 Å². The number of primary amides is 1.